The lowest BCUT2D eigenvalue weighted by atomic mass is 10.1. The number of carbonyl (C=O) groups is 1. The van der Waals surface area contributed by atoms with Crippen LogP contribution >= 0.6 is 0 Å². The van der Waals surface area contributed by atoms with Crippen molar-refractivity contribution in [3.63, 3.8) is 0 Å². The number of aromatic nitrogens is 2. The smallest absolute Gasteiger partial charge is 0.264 e. The van der Waals surface area contributed by atoms with Crippen molar-refractivity contribution in [1.29, 1.82) is 0 Å². The van der Waals surface area contributed by atoms with E-state index in [1.54, 1.807) is 38.1 Å². The molecule has 0 bridgehead atoms. The molecule has 1 amide bonds. The van der Waals surface area contributed by atoms with Gasteiger partial charge in [0.1, 0.15) is 0 Å². The van der Waals surface area contributed by atoms with Crippen molar-refractivity contribution in [1.82, 2.24) is 9.97 Å². The number of aryl methyl sites for hydroxylation is 4. The fourth-order valence-corrected chi connectivity index (χ4v) is 5.92. The van der Waals surface area contributed by atoms with E-state index in [0.29, 0.717) is 22.6 Å². The van der Waals surface area contributed by atoms with Crippen LogP contribution in [0, 0.1) is 27.7 Å². The molecular formula is C27H27N5O5S2. The van der Waals surface area contributed by atoms with Gasteiger partial charge in [0.25, 0.3) is 26.0 Å². The molecule has 1 heterocycles. The highest BCUT2D eigenvalue weighted by molar-refractivity contribution is 7.93. The number of hydrogen-bond donors (Lipinski definition) is 3. The lowest BCUT2D eigenvalue weighted by molar-refractivity contribution is 0.102. The topological polar surface area (TPSA) is 147 Å². The Morgan fingerprint density at radius 3 is 2.03 bits per heavy atom. The maximum atomic E-state index is 13.1. The van der Waals surface area contributed by atoms with E-state index in [2.05, 4.69) is 24.7 Å². The summed E-state index contributed by atoms with van der Waals surface area (Å²) in [5, 5.41) is 2.66. The Hall–Kier alpha value is -4.29. The maximum absolute atomic E-state index is 13.1. The molecule has 1 aromatic heterocycles. The van der Waals surface area contributed by atoms with Crippen LogP contribution in [-0.2, 0) is 20.0 Å². The van der Waals surface area contributed by atoms with Gasteiger partial charge in [-0.2, -0.15) is 0 Å². The molecular weight excluding hydrogens is 538 g/mol. The lowest BCUT2D eigenvalue weighted by Gasteiger charge is -2.13. The third kappa shape index (κ3) is 6.59. The molecule has 0 saturated heterocycles. The zero-order valence-corrected chi connectivity index (χ0v) is 23.3. The first-order valence-electron chi connectivity index (χ1n) is 11.8. The van der Waals surface area contributed by atoms with Gasteiger partial charge in [0.2, 0.25) is 5.95 Å². The van der Waals surface area contributed by atoms with Crippen LogP contribution in [0.4, 0.5) is 17.3 Å². The van der Waals surface area contributed by atoms with Gasteiger partial charge in [0.15, 0.2) is 0 Å². The fraction of sp³-hybridized carbons (Fsp3) is 0.148. The average Bonchev–Trinajstić information content (AvgIpc) is 2.86. The van der Waals surface area contributed by atoms with Gasteiger partial charge in [-0.3, -0.25) is 9.52 Å². The summed E-state index contributed by atoms with van der Waals surface area (Å²) in [5.74, 6) is -0.607. The second kappa shape index (κ2) is 10.8. The molecule has 0 unspecified atom stereocenters. The zero-order valence-electron chi connectivity index (χ0n) is 21.7. The van der Waals surface area contributed by atoms with Crippen molar-refractivity contribution in [3.8, 4) is 0 Å². The summed E-state index contributed by atoms with van der Waals surface area (Å²) in [7, 11) is -7.91. The number of benzene rings is 3. The summed E-state index contributed by atoms with van der Waals surface area (Å²) < 4.78 is 56.4. The normalized spacial score (nSPS) is 11.6. The number of rotatable bonds is 8. The number of carbonyl (C=O) groups excluding carboxylic acids is 1. The zero-order chi connectivity index (χ0) is 28.4. The third-order valence-corrected chi connectivity index (χ3v) is 8.81. The molecule has 4 aromatic rings. The number of sulfonamides is 2. The van der Waals surface area contributed by atoms with E-state index in [9.17, 15) is 21.6 Å². The number of nitrogens with zero attached hydrogens (tertiary/aromatic N) is 2. The van der Waals surface area contributed by atoms with E-state index >= 15 is 0 Å². The minimum atomic E-state index is -3.97. The maximum Gasteiger partial charge on any atom is 0.264 e. The van der Waals surface area contributed by atoms with E-state index in [1.165, 1.54) is 42.6 Å². The highest BCUT2D eigenvalue weighted by Gasteiger charge is 2.20. The Morgan fingerprint density at radius 1 is 0.692 bits per heavy atom. The summed E-state index contributed by atoms with van der Waals surface area (Å²) in [6, 6.07) is 16.8. The summed E-state index contributed by atoms with van der Waals surface area (Å²) >= 11 is 0. The first-order valence-corrected chi connectivity index (χ1v) is 14.8. The van der Waals surface area contributed by atoms with Gasteiger partial charge in [-0.05, 0) is 99.0 Å². The molecule has 39 heavy (non-hydrogen) atoms. The van der Waals surface area contributed by atoms with Gasteiger partial charge in [-0.15, -0.1) is 0 Å². The molecule has 0 aliphatic rings. The monoisotopic (exact) mass is 565 g/mol. The van der Waals surface area contributed by atoms with Crippen LogP contribution in [0.5, 0.6) is 0 Å². The largest absolute Gasteiger partial charge is 0.322 e. The number of hydrogen-bond acceptors (Lipinski definition) is 7. The molecule has 0 spiro atoms. The Labute approximate surface area is 227 Å². The summed E-state index contributed by atoms with van der Waals surface area (Å²) in [4.78, 5) is 20.8. The van der Waals surface area contributed by atoms with Crippen LogP contribution in [-0.4, -0.2) is 32.7 Å². The highest BCUT2D eigenvalue weighted by Crippen LogP contribution is 2.23. The second-order valence-electron chi connectivity index (χ2n) is 8.99. The number of amides is 1. The van der Waals surface area contributed by atoms with E-state index in [-0.39, 0.29) is 21.3 Å². The van der Waals surface area contributed by atoms with E-state index in [0.717, 1.165) is 11.1 Å². The van der Waals surface area contributed by atoms with Crippen molar-refractivity contribution < 1.29 is 21.6 Å². The second-order valence-corrected chi connectivity index (χ2v) is 12.3. The van der Waals surface area contributed by atoms with Crippen LogP contribution in [0.1, 0.15) is 32.7 Å². The van der Waals surface area contributed by atoms with Gasteiger partial charge in [-0.25, -0.2) is 31.5 Å². The molecule has 12 heteroatoms. The van der Waals surface area contributed by atoms with E-state index < -0.39 is 26.0 Å². The van der Waals surface area contributed by atoms with Gasteiger partial charge >= 0.3 is 0 Å². The molecule has 0 radical (unpaired) electrons. The van der Waals surface area contributed by atoms with Crippen molar-refractivity contribution in [3.05, 3.63) is 101 Å². The highest BCUT2D eigenvalue weighted by atomic mass is 32.2. The Kier molecular flexibility index (Phi) is 7.70. The minimum absolute atomic E-state index is 0.0285. The Bertz CT molecular complexity index is 1770. The lowest BCUT2D eigenvalue weighted by Crippen LogP contribution is -2.17. The molecule has 0 atom stereocenters. The molecule has 3 aromatic carbocycles. The Morgan fingerprint density at radius 2 is 1.36 bits per heavy atom. The predicted octanol–water partition coefficient (Wildman–Crippen LogP) is 4.56. The van der Waals surface area contributed by atoms with Crippen LogP contribution in [0.15, 0.2) is 82.7 Å². The van der Waals surface area contributed by atoms with Crippen molar-refractivity contribution in [2.24, 2.45) is 0 Å². The molecule has 202 valence electrons. The van der Waals surface area contributed by atoms with Crippen molar-refractivity contribution >= 4 is 43.3 Å². The van der Waals surface area contributed by atoms with Crippen LogP contribution in [0.3, 0.4) is 0 Å². The quantitative estimate of drug-likeness (QED) is 0.284. The fourth-order valence-electron chi connectivity index (χ4n) is 3.64. The van der Waals surface area contributed by atoms with Crippen molar-refractivity contribution in [2.45, 2.75) is 37.5 Å². The summed E-state index contributed by atoms with van der Waals surface area (Å²) in [6.45, 7) is 7.18. The van der Waals surface area contributed by atoms with E-state index in [4.69, 9.17) is 0 Å². The van der Waals surface area contributed by atoms with Gasteiger partial charge in [-0.1, -0.05) is 12.1 Å². The molecule has 4 rings (SSSR count). The average molecular weight is 566 g/mol. The summed E-state index contributed by atoms with van der Waals surface area (Å²) in [6.07, 6.45) is 1.44. The molecule has 0 aliphatic heterocycles. The predicted molar refractivity (Wildman–Crippen MR) is 150 cm³/mol. The molecule has 0 aliphatic carbocycles. The summed E-state index contributed by atoms with van der Waals surface area (Å²) in [5.41, 5.74) is 3.93. The van der Waals surface area contributed by atoms with Gasteiger partial charge in [0, 0.05) is 28.8 Å². The standard InChI is InChI=1S/C27H27N5O5S2/c1-17-6-8-23(15-19(17)3)31-39(36,37)25-16-21(7-5-18(25)2)26(33)30-22-9-11-24(12-10-22)38(34,35)32-27-28-14-13-20(4)29-27/h5-16,31H,1-4H3,(H,30,33)(H,28,29,32). The van der Waals surface area contributed by atoms with Crippen LogP contribution < -0.4 is 14.8 Å². The van der Waals surface area contributed by atoms with Crippen molar-refractivity contribution in [2.75, 3.05) is 14.8 Å². The SMILES string of the molecule is Cc1ccnc(NS(=O)(=O)c2ccc(NC(=O)c3ccc(C)c(S(=O)(=O)Nc4ccc(C)c(C)c4)c3)cc2)n1. The molecule has 10 nitrogen and oxygen atoms in total. The van der Waals surface area contributed by atoms with Gasteiger partial charge < -0.3 is 5.32 Å². The number of anilines is 3. The third-order valence-electron chi connectivity index (χ3n) is 5.94. The molecule has 0 fully saturated rings. The molecule has 3 N–H and O–H groups in total. The van der Waals surface area contributed by atoms with Crippen LogP contribution in [0.25, 0.3) is 0 Å². The van der Waals surface area contributed by atoms with Crippen LogP contribution in [0.2, 0.25) is 0 Å². The Balaban J connectivity index is 1.50. The molecule has 0 saturated carbocycles. The minimum Gasteiger partial charge on any atom is -0.322 e. The first kappa shape index (κ1) is 27.7. The van der Waals surface area contributed by atoms with E-state index in [1.807, 2.05) is 19.9 Å². The number of nitrogens with one attached hydrogen (secondary N) is 3. The first-order chi connectivity index (χ1) is 18.3. The van der Waals surface area contributed by atoms with Gasteiger partial charge in [0.05, 0.1) is 9.79 Å².